The molecule has 4 nitrogen and oxygen atoms in total. The molecular formula is C11H16N4. The highest BCUT2D eigenvalue weighted by molar-refractivity contribution is 5.39. The lowest BCUT2D eigenvalue weighted by Crippen LogP contribution is -2.23. The lowest BCUT2D eigenvalue weighted by atomic mass is 10.0. The fourth-order valence-corrected chi connectivity index (χ4v) is 2.91. The Morgan fingerprint density at radius 2 is 2.00 bits per heavy atom. The van der Waals surface area contributed by atoms with E-state index >= 15 is 0 Å². The number of fused-ring (bicyclic) bond motifs is 1. The molecule has 1 aliphatic carbocycles. The molecule has 15 heavy (non-hydrogen) atoms. The third-order valence-corrected chi connectivity index (χ3v) is 3.67. The van der Waals surface area contributed by atoms with Gasteiger partial charge in [0.15, 0.2) is 0 Å². The zero-order valence-corrected chi connectivity index (χ0v) is 8.76. The predicted molar refractivity (Wildman–Crippen MR) is 59.5 cm³/mol. The van der Waals surface area contributed by atoms with Crippen molar-refractivity contribution in [3.05, 3.63) is 12.3 Å². The summed E-state index contributed by atoms with van der Waals surface area (Å²) in [4.78, 5) is 10.8. The largest absolute Gasteiger partial charge is 0.384 e. The SMILES string of the molecule is Nc1ccnc(N2CC3CCCC3C2)n1. The topological polar surface area (TPSA) is 55.0 Å². The van der Waals surface area contributed by atoms with Crippen LogP contribution in [0.15, 0.2) is 12.3 Å². The third-order valence-electron chi connectivity index (χ3n) is 3.67. The first-order valence-electron chi connectivity index (χ1n) is 5.66. The number of rotatable bonds is 1. The molecule has 2 aliphatic rings. The summed E-state index contributed by atoms with van der Waals surface area (Å²) in [5.41, 5.74) is 5.66. The van der Waals surface area contributed by atoms with Gasteiger partial charge >= 0.3 is 0 Å². The summed E-state index contributed by atoms with van der Waals surface area (Å²) in [6.07, 6.45) is 5.90. The summed E-state index contributed by atoms with van der Waals surface area (Å²) in [6.45, 7) is 2.24. The minimum Gasteiger partial charge on any atom is -0.384 e. The van der Waals surface area contributed by atoms with Crippen LogP contribution < -0.4 is 10.6 Å². The summed E-state index contributed by atoms with van der Waals surface area (Å²) in [5, 5.41) is 0. The molecule has 1 aromatic heterocycles. The van der Waals surface area contributed by atoms with Gasteiger partial charge < -0.3 is 10.6 Å². The smallest absolute Gasteiger partial charge is 0.227 e. The van der Waals surface area contributed by atoms with E-state index in [1.165, 1.54) is 19.3 Å². The van der Waals surface area contributed by atoms with Crippen LogP contribution in [0.4, 0.5) is 11.8 Å². The van der Waals surface area contributed by atoms with E-state index in [1.54, 1.807) is 12.3 Å². The summed E-state index contributed by atoms with van der Waals surface area (Å²) in [5.74, 6) is 3.12. The average Bonchev–Trinajstić information content (AvgIpc) is 2.76. The van der Waals surface area contributed by atoms with E-state index in [0.29, 0.717) is 5.82 Å². The van der Waals surface area contributed by atoms with Gasteiger partial charge in [-0.15, -0.1) is 0 Å². The van der Waals surface area contributed by atoms with Crippen molar-refractivity contribution in [2.24, 2.45) is 11.8 Å². The maximum atomic E-state index is 5.66. The third kappa shape index (κ3) is 1.54. The predicted octanol–water partition coefficient (Wildman–Crippen LogP) is 1.30. The summed E-state index contributed by atoms with van der Waals surface area (Å²) < 4.78 is 0. The Morgan fingerprint density at radius 1 is 1.27 bits per heavy atom. The second kappa shape index (κ2) is 3.36. The molecule has 2 N–H and O–H groups in total. The van der Waals surface area contributed by atoms with Crippen molar-refractivity contribution in [2.45, 2.75) is 19.3 Å². The van der Waals surface area contributed by atoms with Gasteiger partial charge in [-0.1, -0.05) is 6.42 Å². The van der Waals surface area contributed by atoms with Gasteiger partial charge in [0.25, 0.3) is 0 Å². The van der Waals surface area contributed by atoms with Crippen LogP contribution in [-0.4, -0.2) is 23.1 Å². The molecule has 3 rings (SSSR count). The maximum absolute atomic E-state index is 5.66. The molecule has 4 heteroatoms. The monoisotopic (exact) mass is 204 g/mol. The van der Waals surface area contributed by atoms with Gasteiger partial charge in [-0.2, -0.15) is 4.98 Å². The highest BCUT2D eigenvalue weighted by atomic mass is 15.3. The molecule has 2 atom stereocenters. The lowest BCUT2D eigenvalue weighted by molar-refractivity contribution is 0.494. The number of anilines is 2. The Hall–Kier alpha value is -1.32. The van der Waals surface area contributed by atoms with Crippen LogP contribution in [0.3, 0.4) is 0 Å². The Morgan fingerprint density at radius 3 is 2.67 bits per heavy atom. The van der Waals surface area contributed by atoms with Crippen molar-refractivity contribution in [2.75, 3.05) is 23.7 Å². The highest BCUT2D eigenvalue weighted by Crippen LogP contribution is 2.38. The van der Waals surface area contributed by atoms with Gasteiger partial charge in [-0.05, 0) is 30.7 Å². The van der Waals surface area contributed by atoms with Gasteiger partial charge in [0.1, 0.15) is 5.82 Å². The molecular weight excluding hydrogens is 188 g/mol. The van der Waals surface area contributed by atoms with E-state index in [0.717, 1.165) is 30.9 Å². The molecule has 1 aliphatic heterocycles. The molecule has 2 unspecified atom stereocenters. The number of aromatic nitrogens is 2. The Balaban J connectivity index is 1.79. The van der Waals surface area contributed by atoms with Gasteiger partial charge in [0.2, 0.25) is 5.95 Å². The Kier molecular flexibility index (Phi) is 2.01. The van der Waals surface area contributed by atoms with Crippen molar-refractivity contribution in [3.8, 4) is 0 Å². The van der Waals surface area contributed by atoms with Crippen LogP contribution >= 0.6 is 0 Å². The number of hydrogen-bond acceptors (Lipinski definition) is 4. The highest BCUT2D eigenvalue weighted by Gasteiger charge is 2.36. The molecule has 2 heterocycles. The second-order valence-corrected chi connectivity index (χ2v) is 4.64. The fourth-order valence-electron chi connectivity index (χ4n) is 2.91. The fraction of sp³-hybridized carbons (Fsp3) is 0.636. The van der Waals surface area contributed by atoms with Gasteiger partial charge in [0, 0.05) is 19.3 Å². The first-order valence-corrected chi connectivity index (χ1v) is 5.66. The van der Waals surface area contributed by atoms with Crippen LogP contribution in [0.1, 0.15) is 19.3 Å². The Bertz CT molecular complexity index is 353. The summed E-state index contributed by atoms with van der Waals surface area (Å²) in [6, 6.07) is 1.74. The van der Waals surface area contributed by atoms with Crippen molar-refractivity contribution < 1.29 is 0 Å². The molecule has 80 valence electrons. The van der Waals surface area contributed by atoms with E-state index in [9.17, 15) is 0 Å². The van der Waals surface area contributed by atoms with E-state index in [-0.39, 0.29) is 0 Å². The molecule has 0 aromatic carbocycles. The Labute approximate surface area is 89.5 Å². The number of nitrogen functional groups attached to an aromatic ring is 1. The number of nitrogens with zero attached hydrogens (tertiary/aromatic N) is 3. The number of hydrogen-bond donors (Lipinski definition) is 1. The molecule has 0 amide bonds. The summed E-state index contributed by atoms with van der Waals surface area (Å²) in [7, 11) is 0. The molecule has 1 aromatic rings. The van der Waals surface area contributed by atoms with Crippen molar-refractivity contribution in [1.82, 2.24) is 9.97 Å². The number of nitrogens with two attached hydrogens (primary N) is 1. The van der Waals surface area contributed by atoms with Crippen LogP contribution in [0.2, 0.25) is 0 Å². The maximum Gasteiger partial charge on any atom is 0.227 e. The van der Waals surface area contributed by atoms with E-state index in [2.05, 4.69) is 14.9 Å². The quantitative estimate of drug-likeness (QED) is 0.749. The van der Waals surface area contributed by atoms with Crippen molar-refractivity contribution >= 4 is 11.8 Å². The molecule has 0 radical (unpaired) electrons. The zero-order chi connectivity index (χ0) is 10.3. The van der Waals surface area contributed by atoms with Crippen LogP contribution in [0, 0.1) is 11.8 Å². The summed E-state index contributed by atoms with van der Waals surface area (Å²) >= 11 is 0. The van der Waals surface area contributed by atoms with Gasteiger partial charge in [-0.25, -0.2) is 4.98 Å². The van der Waals surface area contributed by atoms with Crippen molar-refractivity contribution in [3.63, 3.8) is 0 Å². The van der Waals surface area contributed by atoms with Crippen LogP contribution in [-0.2, 0) is 0 Å². The lowest BCUT2D eigenvalue weighted by Gasteiger charge is -2.16. The first-order chi connectivity index (χ1) is 7.33. The van der Waals surface area contributed by atoms with Crippen molar-refractivity contribution in [1.29, 1.82) is 0 Å². The average molecular weight is 204 g/mol. The van der Waals surface area contributed by atoms with Gasteiger partial charge in [0.05, 0.1) is 0 Å². The van der Waals surface area contributed by atoms with Crippen LogP contribution in [0.5, 0.6) is 0 Å². The normalized spacial score (nSPS) is 29.5. The minimum absolute atomic E-state index is 0.567. The van der Waals surface area contributed by atoms with Gasteiger partial charge in [-0.3, -0.25) is 0 Å². The molecule has 1 saturated carbocycles. The molecule has 2 fully saturated rings. The standard InChI is InChI=1S/C11H16N4/c12-10-4-5-13-11(14-10)15-6-8-2-1-3-9(8)7-15/h4-5,8-9H,1-3,6-7H2,(H2,12,13,14). The zero-order valence-electron chi connectivity index (χ0n) is 8.76. The molecule has 0 spiro atoms. The van der Waals surface area contributed by atoms with Crippen LogP contribution in [0.25, 0.3) is 0 Å². The van der Waals surface area contributed by atoms with E-state index in [4.69, 9.17) is 5.73 Å². The minimum atomic E-state index is 0.567. The second-order valence-electron chi connectivity index (χ2n) is 4.64. The first kappa shape index (κ1) is 8.95. The van der Waals surface area contributed by atoms with E-state index in [1.807, 2.05) is 0 Å². The van der Waals surface area contributed by atoms with E-state index < -0.39 is 0 Å². The molecule has 0 bridgehead atoms. The molecule has 1 saturated heterocycles.